The molecule has 0 fully saturated rings. The van der Waals surface area contributed by atoms with Gasteiger partial charge in [0.1, 0.15) is 4.47 Å². The Morgan fingerprint density at radius 3 is 2.82 bits per heavy atom. The van der Waals surface area contributed by atoms with E-state index in [4.69, 9.17) is 0 Å². The highest BCUT2D eigenvalue weighted by molar-refractivity contribution is 9.10. The van der Waals surface area contributed by atoms with Crippen LogP contribution in [0.2, 0.25) is 0 Å². The fourth-order valence-electron chi connectivity index (χ4n) is 1.22. The maximum atomic E-state index is 11.7. The van der Waals surface area contributed by atoms with Gasteiger partial charge in [-0.15, -0.1) is 0 Å². The highest BCUT2D eigenvalue weighted by atomic mass is 79.9. The molecule has 5 heteroatoms. The van der Waals surface area contributed by atoms with Gasteiger partial charge in [0.15, 0.2) is 0 Å². The van der Waals surface area contributed by atoms with Gasteiger partial charge >= 0.3 is 0 Å². The molecule has 0 aromatic carbocycles. The number of nitrogens with one attached hydrogen (secondary N) is 1. The lowest BCUT2D eigenvalue weighted by Gasteiger charge is -2.21. The van der Waals surface area contributed by atoms with Crippen molar-refractivity contribution in [1.29, 1.82) is 0 Å². The molecule has 1 rings (SSSR count). The molecule has 0 spiro atoms. The highest BCUT2D eigenvalue weighted by Crippen LogP contribution is 2.02. The van der Waals surface area contributed by atoms with E-state index in [9.17, 15) is 4.79 Å². The Bertz CT molecular complexity index is 460. The zero-order valence-electron chi connectivity index (χ0n) is 10.5. The van der Waals surface area contributed by atoms with Crippen molar-refractivity contribution in [2.45, 2.75) is 32.9 Å². The Kier molecular flexibility index (Phi) is 4.65. The van der Waals surface area contributed by atoms with E-state index in [2.05, 4.69) is 53.6 Å². The summed E-state index contributed by atoms with van der Waals surface area (Å²) >= 11 is 3.17. The lowest BCUT2D eigenvalue weighted by Crippen LogP contribution is -2.37. The molecule has 0 saturated heterocycles. The number of hydrogen-bond acceptors (Lipinski definition) is 3. The van der Waals surface area contributed by atoms with Gasteiger partial charge in [-0.1, -0.05) is 6.58 Å². The first-order valence-corrected chi connectivity index (χ1v) is 6.20. The first-order valence-electron chi connectivity index (χ1n) is 5.41. The second-order valence-electron chi connectivity index (χ2n) is 5.03. The van der Waals surface area contributed by atoms with Crippen LogP contribution in [0.25, 0.3) is 0 Å². The van der Waals surface area contributed by atoms with Gasteiger partial charge in [0.25, 0.3) is 5.56 Å². The summed E-state index contributed by atoms with van der Waals surface area (Å²) in [5.74, 6) is 0. The van der Waals surface area contributed by atoms with Crippen molar-refractivity contribution < 1.29 is 0 Å². The molecule has 17 heavy (non-hydrogen) atoms. The van der Waals surface area contributed by atoms with E-state index in [1.165, 1.54) is 17.1 Å². The fourth-order valence-corrected chi connectivity index (χ4v) is 1.57. The predicted octanol–water partition coefficient (Wildman–Crippen LogP) is 1.95. The molecule has 0 aliphatic carbocycles. The van der Waals surface area contributed by atoms with E-state index in [0.29, 0.717) is 17.6 Å². The third-order valence-electron chi connectivity index (χ3n) is 2.12. The molecule has 0 aliphatic rings. The summed E-state index contributed by atoms with van der Waals surface area (Å²) in [6.07, 6.45) is 3.02. The van der Waals surface area contributed by atoms with Gasteiger partial charge in [0, 0.05) is 24.8 Å². The van der Waals surface area contributed by atoms with Crippen LogP contribution in [0.3, 0.4) is 0 Å². The van der Waals surface area contributed by atoms with E-state index in [-0.39, 0.29) is 11.1 Å². The second kappa shape index (κ2) is 5.60. The lowest BCUT2D eigenvalue weighted by molar-refractivity contribution is 0.439. The van der Waals surface area contributed by atoms with E-state index in [1.807, 2.05) is 0 Å². The molecule has 0 saturated carbocycles. The summed E-state index contributed by atoms with van der Waals surface area (Å²) in [5, 5.41) is 3.33. The Morgan fingerprint density at radius 1 is 1.59 bits per heavy atom. The minimum absolute atomic E-state index is 0.0451. The van der Waals surface area contributed by atoms with Crippen LogP contribution >= 0.6 is 15.9 Å². The number of nitrogens with zero attached hydrogens (tertiary/aromatic N) is 2. The second-order valence-corrected chi connectivity index (χ2v) is 5.88. The van der Waals surface area contributed by atoms with Gasteiger partial charge in [-0.3, -0.25) is 9.36 Å². The van der Waals surface area contributed by atoms with Crippen LogP contribution in [0.4, 0.5) is 0 Å². The minimum atomic E-state index is -0.0862. The Balaban J connectivity index is 2.63. The van der Waals surface area contributed by atoms with Crippen molar-refractivity contribution in [3.8, 4) is 0 Å². The molecule has 0 radical (unpaired) electrons. The summed E-state index contributed by atoms with van der Waals surface area (Å²) in [6, 6.07) is 0. The Hall–Kier alpha value is -0.940. The van der Waals surface area contributed by atoms with Crippen molar-refractivity contribution in [3.63, 3.8) is 0 Å². The zero-order valence-corrected chi connectivity index (χ0v) is 12.0. The zero-order chi connectivity index (χ0) is 13.1. The summed E-state index contributed by atoms with van der Waals surface area (Å²) in [6.45, 7) is 11.4. The SMILES string of the molecule is C=C(CNC(C)(C)C)Cn1cncc(Br)c1=O. The summed E-state index contributed by atoms with van der Waals surface area (Å²) in [4.78, 5) is 15.7. The number of aromatic nitrogens is 2. The lowest BCUT2D eigenvalue weighted by atomic mass is 10.1. The fraction of sp³-hybridized carbons (Fsp3) is 0.500. The predicted molar refractivity (Wildman–Crippen MR) is 73.1 cm³/mol. The average molecular weight is 300 g/mol. The maximum Gasteiger partial charge on any atom is 0.267 e. The van der Waals surface area contributed by atoms with Crippen LogP contribution < -0.4 is 10.9 Å². The first-order chi connectivity index (χ1) is 7.79. The topological polar surface area (TPSA) is 46.9 Å². The standard InChI is InChI=1S/C12H18BrN3O/c1-9(5-15-12(2,3)4)7-16-8-14-6-10(13)11(16)17/h6,8,15H,1,5,7H2,2-4H3. The molecule has 0 atom stereocenters. The number of hydrogen-bond donors (Lipinski definition) is 1. The normalized spacial score (nSPS) is 11.5. The van der Waals surface area contributed by atoms with Gasteiger partial charge in [-0.2, -0.15) is 0 Å². The van der Waals surface area contributed by atoms with Crippen molar-refractivity contribution in [2.24, 2.45) is 0 Å². The molecule has 0 bridgehead atoms. The van der Waals surface area contributed by atoms with Gasteiger partial charge in [0.2, 0.25) is 0 Å². The van der Waals surface area contributed by atoms with Crippen LogP contribution in [0.15, 0.2) is 33.9 Å². The maximum absolute atomic E-state index is 11.7. The number of rotatable bonds is 4. The van der Waals surface area contributed by atoms with Gasteiger partial charge < -0.3 is 5.32 Å². The van der Waals surface area contributed by atoms with Crippen LogP contribution in [0.5, 0.6) is 0 Å². The van der Waals surface area contributed by atoms with Crippen LogP contribution in [0, 0.1) is 0 Å². The molecule has 0 amide bonds. The van der Waals surface area contributed by atoms with E-state index in [0.717, 1.165) is 5.57 Å². The summed E-state index contributed by atoms with van der Waals surface area (Å²) in [7, 11) is 0. The molecular formula is C12H18BrN3O. The van der Waals surface area contributed by atoms with Crippen LogP contribution in [-0.4, -0.2) is 21.6 Å². The van der Waals surface area contributed by atoms with Crippen molar-refractivity contribution in [2.75, 3.05) is 6.54 Å². The van der Waals surface area contributed by atoms with Crippen molar-refractivity contribution >= 4 is 15.9 Å². The van der Waals surface area contributed by atoms with Gasteiger partial charge in [-0.05, 0) is 42.3 Å². The van der Waals surface area contributed by atoms with Crippen molar-refractivity contribution in [3.05, 3.63) is 39.5 Å². The minimum Gasteiger partial charge on any atom is -0.308 e. The third kappa shape index (κ3) is 4.83. The van der Waals surface area contributed by atoms with Crippen LogP contribution in [-0.2, 0) is 6.54 Å². The molecular weight excluding hydrogens is 282 g/mol. The quantitative estimate of drug-likeness (QED) is 0.865. The largest absolute Gasteiger partial charge is 0.308 e. The summed E-state index contributed by atoms with van der Waals surface area (Å²) < 4.78 is 2.01. The molecule has 0 aliphatic heterocycles. The molecule has 1 aromatic heterocycles. The smallest absolute Gasteiger partial charge is 0.267 e. The molecule has 94 valence electrons. The van der Waals surface area contributed by atoms with Crippen LogP contribution in [0.1, 0.15) is 20.8 Å². The highest BCUT2D eigenvalue weighted by Gasteiger charge is 2.09. The molecule has 1 aromatic rings. The van der Waals surface area contributed by atoms with E-state index < -0.39 is 0 Å². The van der Waals surface area contributed by atoms with Crippen molar-refractivity contribution in [1.82, 2.24) is 14.9 Å². The Morgan fingerprint density at radius 2 is 2.24 bits per heavy atom. The Labute approximate surface area is 110 Å². The molecule has 1 heterocycles. The number of halogens is 1. The average Bonchev–Trinajstić information content (AvgIpc) is 2.21. The van der Waals surface area contributed by atoms with Gasteiger partial charge in [-0.25, -0.2) is 4.98 Å². The third-order valence-corrected chi connectivity index (χ3v) is 2.67. The molecule has 4 nitrogen and oxygen atoms in total. The van der Waals surface area contributed by atoms with E-state index in [1.54, 1.807) is 0 Å². The van der Waals surface area contributed by atoms with E-state index >= 15 is 0 Å². The summed E-state index contributed by atoms with van der Waals surface area (Å²) in [5.41, 5.74) is 0.905. The molecule has 0 unspecified atom stereocenters. The molecule has 1 N–H and O–H groups in total. The monoisotopic (exact) mass is 299 g/mol. The van der Waals surface area contributed by atoms with Gasteiger partial charge in [0.05, 0.1) is 6.33 Å². The first kappa shape index (κ1) is 14.1.